The van der Waals surface area contributed by atoms with Gasteiger partial charge in [0.1, 0.15) is 0 Å². The minimum Gasteiger partial charge on any atom is -0.398 e. The van der Waals surface area contributed by atoms with Crippen molar-refractivity contribution >= 4 is 11.6 Å². The number of aryl methyl sites for hydroxylation is 1. The first-order valence-corrected chi connectivity index (χ1v) is 7.84. The third-order valence-electron chi connectivity index (χ3n) is 4.94. The van der Waals surface area contributed by atoms with Gasteiger partial charge in [-0.3, -0.25) is 4.79 Å². The first-order valence-electron chi connectivity index (χ1n) is 7.84. The van der Waals surface area contributed by atoms with Crippen molar-refractivity contribution in [3.05, 3.63) is 29.3 Å². The summed E-state index contributed by atoms with van der Waals surface area (Å²) in [6.07, 6.45) is 7.47. The van der Waals surface area contributed by atoms with Crippen molar-refractivity contribution in [2.45, 2.75) is 51.5 Å². The Bertz CT molecular complexity index is 510. The molecule has 3 heteroatoms. The summed E-state index contributed by atoms with van der Waals surface area (Å²) in [6, 6.07) is 6.20. The number of amides is 1. The number of likely N-dealkylation sites (tertiary alicyclic amines) is 1. The molecule has 0 radical (unpaired) electrons. The molecule has 108 valence electrons. The number of fused-ring (bicyclic) bond motifs is 1. The van der Waals surface area contributed by atoms with Crippen molar-refractivity contribution < 1.29 is 4.79 Å². The van der Waals surface area contributed by atoms with Crippen molar-refractivity contribution in [2.24, 2.45) is 5.92 Å². The molecule has 1 saturated carbocycles. The SMILES string of the molecule is Cc1ccc(N)c(C(=O)N2CCC[C@H]3CCCC[C@H]32)c1. The number of carbonyl (C=O) groups is 1. The van der Waals surface area contributed by atoms with Crippen LogP contribution in [0.5, 0.6) is 0 Å². The summed E-state index contributed by atoms with van der Waals surface area (Å²) in [6.45, 7) is 2.91. The van der Waals surface area contributed by atoms with Crippen molar-refractivity contribution in [3.8, 4) is 0 Å². The maximum atomic E-state index is 12.9. The van der Waals surface area contributed by atoms with E-state index in [1.165, 1.54) is 32.1 Å². The molecule has 3 nitrogen and oxygen atoms in total. The highest BCUT2D eigenvalue weighted by atomic mass is 16.2. The molecule has 0 aromatic heterocycles. The zero-order valence-corrected chi connectivity index (χ0v) is 12.3. The lowest BCUT2D eigenvalue weighted by Crippen LogP contribution is -2.49. The number of piperidine rings is 1. The van der Waals surface area contributed by atoms with Crippen LogP contribution in [-0.4, -0.2) is 23.4 Å². The van der Waals surface area contributed by atoms with Crippen LogP contribution in [0.25, 0.3) is 0 Å². The summed E-state index contributed by atoms with van der Waals surface area (Å²) < 4.78 is 0. The van der Waals surface area contributed by atoms with E-state index in [-0.39, 0.29) is 5.91 Å². The maximum absolute atomic E-state index is 12.9. The average molecular weight is 272 g/mol. The van der Waals surface area contributed by atoms with Crippen LogP contribution >= 0.6 is 0 Å². The summed E-state index contributed by atoms with van der Waals surface area (Å²) in [5, 5.41) is 0. The number of benzene rings is 1. The van der Waals surface area contributed by atoms with Gasteiger partial charge in [0.25, 0.3) is 5.91 Å². The molecule has 0 unspecified atom stereocenters. The highest BCUT2D eigenvalue weighted by Gasteiger charge is 2.36. The molecule has 1 amide bonds. The molecule has 1 heterocycles. The Morgan fingerprint density at radius 1 is 1.20 bits per heavy atom. The lowest BCUT2D eigenvalue weighted by Gasteiger charge is -2.44. The third-order valence-corrected chi connectivity index (χ3v) is 4.94. The van der Waals surface area contributed by atoms with E-state index in [0.717, 1.165) is 18.5 Å². The van der Waals surface area contributed by atoms with Crippen LogP contribution < -0.4 is 5.73 Å². The van der Waals surface area contributed by atoms with E-state index < -0.39 is 0 Å². The van der Waals surface area contributed by atoms with Gasteiger partial charge < -0.3 is 10.6 Å². The molecule has 2 fully saturated rings. The number of rotatable bonds is 1. The van der Waals surface area contributed by atoms with E-state index in [0.29, 0.717) is 23.2 Å². The van der Waals surface area contributed by atoms with Gasteiger partial charge in [0, 0.05) is 18.3 Å². The molecule has 0 spiro atoms. The van der Waals surface area contributed by atoms with Gasteiger partial charge in [-0.05, 0) is 50.7 Å². The van der Waals surface area contributed by atoms with Crippen molar-refractivity contribution in [3.63, 3.8) is 0 Å². The van der Waals surface area contributed by atoms with Crippen LogP contribution in [-0.2, 0) is 0 Å². The fourth-order valence-electron chi connectivity index (χ4n) is 3.89. The number of hydrogen-bond donors (Lipinski definition) is 1. The molecular formula is C17H24N2O. The minimum absolute atomic E-state index is 0.141. The number of anilines is 1. The molecule has 1 aromatic carbocycles. The second kappa shape index (κ2) is 5.47. The van der Waals surface area contributed by atoms with Crippen LogP contribution in [0.4, 0.5) is 5.69 Å². The minimum atomic E-state index is 0.141. The number of nitrogen functional groups attached to an aromatic ring is 1. The predicted octanol–water partition coefficient (Wildman–Crippen LogP) is 3.37. The van der Waals surface area contributed by atoms with E-state index in [2.05, 4.69) is 4.90 Å². The highest BCUT2D eigenvalue weighted by Crippen LogP contribution is 2.36. The Morgan fingerprint density at radius 2 is 1.95 bits per heavy atom. The van der Waals surface area contributed by atoms with Gasteiger partial charge in [-0.2, -0.15) is 0 Å². The topological polar surface area (TPSA) is 46.3 Å². The van der Waals surface area contributed by atoms with Gasteiger partial charge in [0.2, 0.25) is 0 Å². The number of carbonyl (C=O) groups excluding carboxylic acids is 1. The van der Waals surface area contributed by atoms with E-state index in [1.54, 1.807) is 0 Å². The van der Waals surface area contributed by atoms with E-state index in [1.807, 2.05) is 25.1 Å². The quantitative estimate of drug-likeness (QED) is 0.797. The van der Waals surface area contributed by atoms with E-state index in [9.17, 15) is 4.79 Å². The number of nitrogens with two attached hydrogens (primary N) is 1. The van der Waals surface area contributed by atoms with Gasteiger partial charge >= 0.3 is 0 Å². The fraction of sp³-hybridized carbons (Fsp3) is 0.588. The van der Waals surface area contributed by atoms with Gasteiger partial charge in [-0.1, -0.05) is 24.5 Å². The molecule has 20 heavy (non-hydrogen) atoms. The van der Waals surface area contributed by atoms with Crippen LogP contribution in [0.2, 0.25) is 0 Å². The summed E-state index contributed by atoms with van der Waals surface area (Å²) in [5.74, 6) is 0.857. The average Bonchev–Trinajstić information content (AvgIpc) is 2.48. The van der Waals surface area contributed by atoms with Crippen LogP contribution in [0, 0.1) is 12.8 Å². The first kappa shape index (κ1) is 13.5. The predicted molar refractivity (Wildman–Crippen MR) is 81.6 cm³/mol. The zero-order chi connectivity index (χ0) is 14.1. The van der Waals surface area contributed by atoms with Crippen LogP contribution in [0.15, 0.2) is 18.2 Å². The third kappa shape index (κ3) is 2.41. The molecular weight excluding hydrogens is 248 g/mol. The van der Waals surface area contributed by atoms with Crippen molar-refractivity contribution in [1.82, 2.24) is 4.90 Å². The lowest BCUT2D eigenvalue weighted by molar-refractivity contribution is 0.0391. The first-order chi connectivity index (χ1) is 9.66. The highest BCUT2D eigenvalue weighted by molar-refractivity contribution is 5.99. The Morgan fingerprint density at radius 3 is 2.80 bits per heavy atom. The summed E-state index contributed by atoms with van der Waals surface area (Å²) in [7, 11) is 0. The normalized spacial score (nSPS) is 26.1. The lowest BCUT2D eigenvalue weighted by atomic mass is 9.78. The summed E-state index contributed by atoms with van der Waals surface area (Å²) in [4.78, 5) is 15.0. The molecule has 2 N–H and O–H groups in total. The van der Waals surface area contributed by atoms with Crippen LogP contribution in [0.1, 0.15) is 54.4 Å². The molecule has 1 aliphatic carbocycles. The van der Waals surface area contributed by atoms with Gasteiger partial charge in [-0.15, -0.1) is 0 Å². The Balaban J connectivity index is 1.87. The zero-order valence-electron chi connectivity index (χ0n) is 12.3. The van der Waals surface area contributed by atoms with Crippen molar-refractivity contribution in [2.75, 3.05) is 12.3 Å². The van der Waals surface area contributed by atoms with Crippen molar-refractivity contribution in [1.29, 1.82) is 0 Å². The monoisotopic (exact) mass is 272 g/mol. The maximum Gasteiger partial charge on any atom is 0.256 e. The standard InChI is InChI=1S/C17H24N2O/c1-12-8-9-15(18)14(11-12)17(20)19-10-4-6-13-5-2-3-7-16(13)19/h8-9,11,13,16H,2-7,10,18H2,1H3/t13-,16-/m1/s1. The summed E-state index contributed by atoms with van der Waals surface area (Å²) >= 11 is 0. The van der Waals surface area contributed by atoms with Gasteiger partial charge in [0.15, 0.2) is 0 Å². The Labute approximate surface area is 121 Å². The van der Waals surface area contributed by atoms with Gasteiger partial charge in [0.05, 0.1) is 5.56 Å². The molecule has 1 aliphatic heterocycles. The molecule has 1 saturated heterocycles. The van der Waals surface area contributed by atoms with E-state index in [4.69, 9.17) is 5.73 Å². The van der Waals surface area contributed by atoms with Gasteiger partial charge in [-0.25, -0.2) is 0 Å². The largest absolute Gasteiger partial charge is 0.398 e. The number of hydrogen-bond acceptors (Lipinski definition) is 2. The molecule has 2 aliphatic rings. The Kier molecular flexibility index (Phi) is 3.68. The van der Waals surface area contributed by atoms with E-state index >= 15 is 0 Å². The molecule has 3 rings (SSSR count). The summed E-state index contributed by atoms with van der Waals surface area (Å²) in [5.41, 5.74) is 8.42. The molecule has 2 atom stereocenters. The van der Waals surface area contributed by atoms with Crippen LogP contribution in [0.3, 0.4) is 0 Å². The molecule has 1 aromatic rings. The second-order valence-corrected chi connectivity index (χ2v) is 6.34. The second-order valence-electron chi connectivity index (χ2n) is 6.34. The smallest absolute Gasteiger partial charge is 0.256 e. The Hall–Kier alpha value is -1.51. The molecule has 0 bridgehead atoms. The fourth-order valence-corrected chi connectivity index (χ4v) is 3.89. The number of nitrogens with zero attached hydrogens (tertiary/aromatic N) is 1.